The molecule has 0 saturated carbocycles. The van der Waals surface area contributed by atoms with Crippen LogP contribution in [0.25, 0.3) is 0 Å². The van der Waals surface area contributed by atoms with Crippen molar-refractivity contribution in [1.82, 2.24) is 4.72 Å². The van der Waals surface area contributed by atoms with Crippen LogP contribution in [-0.2, 0) is 10.0 Å². The van der Waals surface area contributed by atoms with Crippen molar-refractivity contribution in [3.63, 3.8) is 0 Å². The van der Waals surface area contributed by atoms with Crippen molar-refractivity contribution >= 4 is 21.6 Å². The fourth-order valence-corrected chi connectivity index (χ4v) is 3.00. The lowest BCUT2D eigenvalue weighted by Gasteiger charge is -2.15. The lowest BCUT2D eigenvalue weighted by molar-refractivity contribution is -0.0498. The summed E-state index contributed by atoms with van der Waals surface area (Å²) in [6.07, 6.45) is 0.399. The van der Waals surface area contributed by atoms with Crippen molar-refractivity contribution in [3.8, 4) is 5.75 Å². The molecule has 20 heavy (non-hydrogen) atoms. The summed E-state index contributed by atoms with van der Waals surface area (Å²) in [7, 11) is -3.89. The summed E-state index contributed by atoms with van der Waals surface area (Å²) in [5.74, 6) is -0.310. The Morgan fingerprint density at radius 2 is 2.10 bits per heavy atom. The molecule has 0 heterocycles. The van der Waals surface area contributed by atoms with Crippen molar-refractivity contribution in [3.05, 3.63) is 23.2 Å². The van der Waals surface area contributed by atoms with Gasteiger partial charge in [0.25, 0.3) is 0 Å². The molecule has 1 aromatic rings. The number of halogens is 3. The molecule has 0 saturated heterocycles. The first-order valence-corrected chi connectivity index (χ1v) is 7.53. The zero-order valence-electron chi connectivity index (χ0n) is 10.5. The fourth-order valence-electron chi connectivity index (χ4n) is 1.38. The Bertz CT molecular complexity index is 549. The van der Waals surface area contributed by atoms with Crippen LogP contribution in [0.2, 0.25) is 5.02 Å². The van der Waals surface area contributed by atoms with E-state index < -0.39 is 22.7 Å². The van der Waals surface area contributed by atoms with E-state index in [1.165, 1.54) is 0 Å². The van der Waals surface area contributed by atoms with Gasteiger partial charge in [0, 0.05) is 6.04 Å². The molecule has 1 aromatic carbocycles. The zero-order chi connectivity index (χ0) is 15.3. The van der Waals surface area contributed by atoms with Crippen molar-refractivity contribution in [2.24, 2.45) is 0 Å². The van der Waals surface area contributed by atoms with Crippen LogP contribution in [0, 0.1) is 0 Å². The number of ether oxygens (including phenoxy) is 1. The molecule has 5 nitrogen and oxygen atoms in total. The Labute approximate surface area is 120 Å². The number of benzene rings is 1. The molecule has 0 fully saturated rings. The van der Waals surface area contributed by atoms with Crippen LogP contribution in [0.5, 0.6) is 5.75 Å². The third-order valence-electron chi connectivity index (χ3n) is 2.46. The summed E-state index contributed by atoms with van der Waals surface area (Å²) >= 11 is 5.68. The molecule has 114 valence electrons. The van der Waals surface area contributed by atoms with Gasteiger partial charge in [0.15, 0.2) is 0 Å². The Balaban J connectivity index is 2.99. The molecule has 0 amide bonds. The second kappa shape index (κ2) is 7.16. The van der Waals surface area contributed by atoms with Crippen LogP contribution in [0.3, 0.4) is 0 Å². The van der Waals surface area contributed by atoms with Gasteiger partial charge in [0.2, 0.25) is 10.0 Å². The average Bonchev–Trinajstić information content (AvgIpc) is 2.37. The minimum Gasteiger partial charge on any atom is -0.433 e. The van der Waals surface area contributed by atoms with Crippen molar-refractivity contribution in [1.29, 1.82) is 0 Å². The SMILES string of the molecule is CC[C@@H](CO)NS(=O)(=O)c1ccc(OC(F)F)c(Cl)c1. The van der Waals surface area contributed by atoms with E-state index in [2.05, 4.69) is 9.46 Å². The molecular formula is C11H14ClF2NO4S. The molecule has 0 unspecified atom stereocenters. The fraction of sp³-hybridized carbons (Fsp3) is 0.455. The number of sulfonamides is 1. The minimum absolute atomic E-state index is 0.198. The average molecular weight is 330 g/mol. The molecule has 0 aliphatic carbocycles. The van der Waals surface area contributed by atoms with Gasteiger partial charge in [-0.3, -0.25) is 0 Å². The highest BCUT2D eigenvalue weighted by Crippen LogP contribution is 2.28. The van der Waals surface area contributed by atoms with E-state index >= 15 is 0 Å². The topological polar surface area (TPSA) is 75.6 Å². The van der Waals surface area contributed by atoms with Crippen LogP contribution in [0.15, 0.2) is 23.1 Å². The molecule has 9 heteroatoms. The van der Waals surface area contributed by atoms with E-state index in [1.807, 2.05) is 0 Å². The van der Waals surface area contributed by atoms with Gasteiger partial charge in [-0.25, -0.2) is 13.1 Å². The van der Waals surface area contributed by atoms with Crippen molar-refractivity contribution < 1.29 is 27.0 Å². The smallest absolute Gasteiger partial charge is 0.387 e. The molecule has 0 aliphatic heterocycles. The number of hydrogen-bond donors (Lipinski definition) is 2. The standard InChI is InChI=1S/C11H14ClF2NO4S/c1-2-7(6-16)15-20(17,18)8-3-4-10(9(12)5-8)19-11(13)14/h3-5,7,11,15-16H,2,6H2,1H3/t7-/m0/s1. The van der Waals surface area contributed by atoms with E-state index in [-0.39, 0.29) is 22.3 Å². The molecule has 1 rings (SSSR count). The maximum absolute atomic E-state index is 12.1. The summed E-state index contributed by atoms with van der Waals surface area (Å²) in [6, 6.07) is 2.51. The van der Waals surface area contributed by atoms with Crippen LogP contribution in [-0.4, -0.2) is 32.8 Å². The first kappa shape index (κ1) is 17.1. The first-order valence-electron chi connectivity index (χ1n) is 5.67. The van der Waals surface area contributed by atoms with E-state index in [9.17, 15) is 17.2 Å². The minimum atomic E-state index is -3.89. The monoisotopic (exact) mass is 329 g/mol. The number of aliphatic hydroxyl groups is 1. The third-order valence-corrected chi connectivity index (χ3v) is 4.28. The van der Waals surface area contributed by atoms with E-state index in [4.69, 9.17) is 16.7 Å². The van der Waals surface area contributed by atoms with E-state index in [0.717, 1.165) is 18.2 Å². The Kier molecular flexibility index (Phi) is 6.12. The molecule has 0 aromatic heterocycles. The molecule has 0 aliphatic rings. The largest absolute Gasteiger partial charge is 0.433 e. The molecular weight excluding hydrogens is 316 g/mol. The Morgan fingerprint density at radius 1 is 1.45 bits per heavy atom. The van der Waals surface area contributed by atoms with E-state index in [1.54, 1.807) is 6.92 Å². The first-order chi connectivity index (χ1) is 9.30. The predicted molar refractivity (Wildman–Crippen MR) is 69.6 cm³/mol. The second-order valence-electron chi connectivity index (χ2n) is 3.88. The van der Waals surface area contributed by atoms with Crippen LogP contribution in [0.1, 0.15) is 13.3 Å². The Morgan fingerprint density at radius 3 is 2.55 bits per heavy atom. The highest BCUT2D eigenvalue weighted by Gasteiger charge is 2.20. The highest BCUT2D eigenvalue weighted by atomic mass is 35.5. The van der Waals surface area contributed by atoms with Crippen molar-refractivity contribution in [2.75, 3.05) is 6.61 Å². The number of alkyl halides is 2. The van der Waals surface area contributed by atoms with Gasteiger partial charge in [-0.2, -0.15) is 8.78 Å². The molecule has 0 spiro atoms. The maximum atomic E-state index is 12.1. The van der Waals surface area contributed by atoms with Crippen LogP contribution >= 0.6 is 11.6 Å². The lowest BCUT2D eigenvalue weighted by atomic mass is 10.3. The molecule has 0 radical (unpaired) electrons. The number of nitrogens with one attached hydrogen (secondary N) is 1. The third kappa shape index (κ3) is 4.55. The number of hydrogen-bond acceptors (Lipinski definition) is 4. The van der Waals surface area contributed by atoms with Gasteiger partial charge in [-0.15, -0.1) is 0 Å². The maximum Gasteiger partial charge on any atom is 0.387 e. The number of rotatable bonds is 7. The summed E-state index contributed by atoms with van der Waals surface area (Å²) < 4.78 is 54.5. The molecule has 0 bridgehead atoms. The van der Waals surface area contributed by atoms with Gasteiger partial charge < -0.3 is 9.84 Å². The van der Waals surface area contributed by atoms with Gasteiger partial charge in [-0.1, -0.05) is 18.5 Å². The molecule has 2 N–H and O–H groups in total. The normalized spacial score (nSPS) is 13.5. The summed E-state index contributed by atoms with van der Waals surface area (Å²) in [6.45, 7) is -1.70. The summed E-state index contributed by atoms with van der Waals surface area (Å²) in [5, 5.41) is 8.73. The second-order valence-corrected chi connectivity index (χ2v) is 6.00. The summed E-state index contributed by atoms with van der Waals surface area (Å²) in [4.78, 5) is -0.198. The number of aliphatic hydroxyl groups excluding tert-OH is 1. The predicted octanol–water partition coefficient (Wildman–Crippen LogP) is 1.99. The molecule has 1 atom stereocenters. The highest BCUT2D eigenvalue weighted by molar-refractivity contribution is 7.89. The van der Waals surface area contributed by atoms with Crippen molar-refractivity contribution in [2.45, 2.75) is 30.9 Å². The van der Waals surface area contributed by atoms with Crippen LogP contribution < -0.4 is 9.46 Å². The van der Waals surface area contributed by atoms with Gasteiger partial charge in [0.1, 0.15) is 5.75 Å². The van der Waals surface area contributed by atoms with E-state index in [0.29, 0.717) is 6.42 Å². The van der Waals surface area contributed by atoms with Crippen LogP contribution in [0.4, 0.5) is 8.78 Å². The lowest BCUT2D eigenvalue weighted by Crippen LogP contribution is -2.36. The quantitative estimate of drug-likeness (QED) is 0.802. The Hall–Kier alpha value is -0.960. The summed E-state index contributed by atoms with van der Waals surface area (Å²) in [5.41, 5.74) is 0. The van der Waals surface area contributed by atoms with Gasteiger partial charge in [0.05, 0.1) is 16.5 Å². The van der Waals surface area contributed by atoms with Gasteiger partial charge >= 0.3 is 6.61 Å². The van der Waals surface area contributed by atoms with Gasteiger partial charge in [-0.05, 0) is 24.6 Å². The zero-order valence-corrected chi connectivity index (χ0v) is 12.1.